The summed E-state index contributed by atoms with van der Waals surface area (Å²) in [5, 5.41) is 5.19. The second-order valence-electron chi connectivity index (χ2n) is 8.64. The van der Waals surface area contributed by atoms with Gasteiger partial charge < -0.3 is 9.80 Å². The maximum Gasteiger partial charge on any atom is 0.169 e. The molecule has 0 unspecified atom stereocenters. The molecule has 0 N–H and O–H groups in total. The van der Waals surface area contributed by atoms with Crippen molar-refractivity contribution in [3.8, 4) is 11.1 Å². The Bertz CT molecular complexity index is 1300. The molecule has 4 aromatic heterocycles. The Morgan fingerprint density at radius 3 is 2.70 bits per heavy atom. The van der Waals surface area contributed by atoms with Crippen LogP contribution in [0.1, 0.15) is 22.5 Å². The zero-order chi connectivity index (χ0) is 22.8. The molecule has 1 saturated heterocycles. The van der Waals surface area contributed by atoms with E-state index in [0.717, 1.165) is 66.1 Å². The number of anilines is 1. The van der Waals surface area contributed by atoms with Gasteiger partial charge in [-0.15, -0.1) is 0 Å². The molecule has 5 heterocycles. The lowest BCUT2D eigenvalue weighted by Gasteiger charge is -2.21. The number of carbonyl (C=O) groups is 1. The Morgan fingerprint density at radius 2 is 1.85 bits per heavy atom. The van der Waals surface area contributed by atoms with Gasteiger partial charge in [-0.3, -0.25) is 19.4 Å². The summed E-state index contributed by atoms with van der Waals surface area (Å²) in [4.78, 5) is 31.2. The minimum absolute atomic E-state index is 0.0359. The number of likely N-dealkylation sites (N-methyl/N-ethyl adjacent to an activating group) is 1. The largest absolute Gasteiger partial charge is 0.355 e. The van der Waals surface area contributed by atoms with Gasteiger partial charge in [-0.2, -0.15) is 5.10 Å². The van der Waals surface area contributed by atoms with Crippen molar-refractivity contribution < 1.29 is 4.79 Å². The Hall–Kier alpha value is -3.65. The zero-order valence-electron chi connectivity index (χ0n) is 19.0. The predicted octanol–water partition coefficient (Wildman–Crippen LogP) is 2.99. The molecule has 8 heteroatoms. The second kappa shape index (κ2) is 9.07. The van der Waals surface area contributed by atoms with Crippen LogP contribution in [0.5, 0.6) is 0 Å². The summed E-state index contributed by atoms with van der Waals surface area (Å²) in [6, 6.07) is 7.72. The first-order valence-corrected chi connectivity index (χ1v) is 11.2. The van der Waals surface area contributed by atoms with Crippen molar-refractivity contribution in [1.82, 2.24) is 29.6 Å². The van der Waals surface area contributed by atoms with Crippen LogP contribution < -0.4 is 4.90 Å². The van der Waals surface area contributed by atoms with Crippen LogP contribution in [0.25, 0.3) is 22.0 Å². The molecule has 0 amide bonds. The number of fused-ring (bicyclic) bond motifs is 1. The predicted molar refractivity (Wildman–Crippen MR) is 128 cm³/mol. The van der Waals surface area contributed by atoms with E-state index in [9.17, 15) is 4.79 Å². The maximum atomic E-state index is 13.1. The van der Waals surface area contributed by atoms with Crippen LogP contribution in [-0.2, 0) is 13.5 Å². The van der Waals surface area contributed by atoms with Gasteiger partial charge in [-0.25, -0.2) is 4.98 Å². The van der Waals surface area contributed by atoms with Crippen molar-refractivity contribution in [3.05, 3.63) is 66.5 Å². The van der Waals surface area contributed by atoms with E-state index in [-0.39, 0.29) is 12.2 Å². The monoisotopic (exact) mass is 441 g/mol. The van der Waals surface area contributed by atoms with Crippen LogP contribution in [0, 0.1) is 0 Å². The zero-order valence-corrected chi connectivity index (χ0v) is 19.0. The Morgan fingerprint density at radius 1 is 0.939 bits per heavy atom. The summed E-state index contributed by atoms with van der Waals surface area (Å²) < 4.78 is 1.77. The van der Waals surface area contributed by atoms with Gasteiger partial charge in [0.1, 0.15) is 5.82 Å². The van der Waals surface area contributed by atoms with E-state index in [1.165, 1.54) is 0 Å². The number of ketones is 1. The van der Waals surface area contributed by atoms with Crippen molar-refractivity contribution in [3.63, 3.8) is 0 Å². The molecule has 1 aliphatic rings. The summed E-state index contributed by atoms with van der Waals surface area (Å²) in [6.07, 6.45) is 10.4. The third kappa shape index (κ3) is 4.75. The van der Waals surface area contributed by atoms with Crippen molar-refractivity contribution in [2.24, 2.45) is 7.05 Å². The number of hydrogen-bond acceptors (Lipinski definition) is 7. The molecule has 0 atom stereocenters. The van der Waals surface area contributed by atoms with Crippen molar-refractivity contribution in [2.75, 3.05) is 38.1 Å². The molecule has 8 nitrogen and oxygen atoms in total. The average Bonchev–Trinajstić information content (AvgIpc) is 3.15. The molecule has 0 saturated carbocycles. The highest BCUT2D eigenvalue weighted by molar-refractivity contribution is 5.98. The number of pyridine rings is 3. The number of aromatic nitrogens is 5. The van der Waals surface area contributed by atoms with Gasteiger partial charge in [0.05, 0.1) is 24.3 Å². The summed E-state index contributed by atoms with van der Waals surface area (Å²) in [5.74, 6) is 0.904. The highest BCUT2D eigenvalue weighted by Gasteiger charge is 2.16. The first kappa shape index (κ1) is 21.2. The topological polar surface area (TPSA) is 80.0 Å². The fraction of sp³-hybridized carbons (Fsp3) is 0.320. The van der Waals surface area contributed by atoms with Crippen LogP contribution in [0.3, 0.4) is 0 Å². The molecule has 0 aliphatic carbocycles. The third-order valence-electron chi connectivity index (χ3n) is 6.12. The number of nitrogens with zero attached hydrogens (tertiary/aromatic N) is 7. The Labute approximate surface area is 192 Å². The van der Waals surface area contributed by atoms with E-state index >= 15 is 0 Å². The van der Waals surface area contributed by atoms with Gasteiger partial charge in [-0.1, -0.05) is 0 Å². The first-order valence-electron chi connectivity index (χ1n) is 11.2. The quantitative estimate of drug-likeness (QED) is 0.441. The van der Waals surface area contributed by atoms with Crippen molar-refractivity contribution in [1.29, 1.82) is 0 Å². The summed E-state index contributed by atoms with van der Waals surface area (Å²) in [7, 11) is 4.03. The molecule has 1 fully saturated rings. The molecule has 4 aromatic rings. The fourth-order valence-corrected chi connectivity index (χ4v) is 4.21. The molecule has 5 rings (SSSR count). The lowest BCUT2D eigenvalue weighted by atomic mass is 10.0. The molecule has 0 radical (unpaired) electrons. The molecule has 168 valence electrons. The minimum Gasteiger partial charge on any atom is -0.355 e. The second-order valence-corrected chi connectivity index (χ2v) is 8.64. The van der Waals surface area contributed by atoms with Gasteiger partial charge in [0.15, 0.2) is 5.78 Å². The number of hydrogen-bond donors (Lipinski definition) is 0. The van der Waals surface area contributed by atoms with Gasteiger partial charge in [0.2, 0.25) is 0 Å². The lowest BCUT2D eigenvalue weighted by Crippen LogP contribution is -2.29. The molecule has 0 aromatic carbocycles. The Balaban J connectivity index is 1.35. The first-order chi connectivity index (χ1) is 16.0. The third-order valence-corrected chi connectivity index (χ3v) is 6.12. The molecular formula is C25H27N7O. The standard InChI is InChI=1S/C25H27N7O/c1-30-6-3-7-32(9-8-30)25-12-18(4-5-26-25)24(33)13-22-11-19-10-20(14-28-23(19)16-27-22)21-15-29-31(2)17-21/h4-5,10-12,14-17H,3,6-9,13H2,1-2H3. The van der Waals surface area contributed by atoms with Crippen molar-refractivity contribution >= 4 is 22.5 Å². The van der Waals surface area contributed by atoms with Crippen LogP contribution in [0.15, 0.2) is 55.2 Å². The van der Waals surface area contributed by atoms with E-state index in [4.69, 9.17) is 0 Å². The number of aryl methyl sites for hydroxylation is 1. The number of Topliss-reactive ketones (excluding diaryl/α,β-unsaturated/α-hetero) is 1. The van der Waals surface area contributed by atoms with Gasteiger partial charge in [-0.05, 0) is 44.3 Å². The molecular weight excluding hydrogens is 414 g/mol. The van der Waals surface area contributed by atoms with Crippen LogP contribution in [0.4, 0.5) is 5.82 Å². The molecule has 0 spiro atoms. The highest BCUT2D eigenvalue weighted by Crippen LogP contribution is 2.23. The molecule has 33 heavy (non-hydrogen) atoms. The summed E-state index contributed by atoms with van der Waals surface area (Å²) in [5.41, 5.74) is 4.19. The molecule has 1 aliphatic heterocycles. The van der Waals surface area contributed by atoms with Crippen molar-refractivity contribution in [2.45, 2.75) is 12.8 Å². The number of carbonyl (C=O) groups excluding carboxylic acids is 1. The fourth-order valence-electron chi connectivity index (χ4n) is 4.21. The summed E-state index contributed by atoms with van der Waals surface area (Å²) in [6.45, 7) is 3.95. The lowest BCUT2D eigenvalue weighted by molar-refractivity contribution is 0.0992. The van der Waals surface area contributed by atoms with Crippen LogP contribution in [0.2, 0.25) is 0 Å². The smallest absolute Gasteiger partial charge is 0.169 e. The van der Waals surface area contributed by atoms with E-state index in [1.54, 1.807) is 23.1 Å². The SMILES string of the molecule is CN1CCCN(c2cc(C(=O)Cc3cc4cc(-c5cnn(C)c5)cnc4cn3)ccn2)CC1. The maximum absolute atomic E-state index is 13.1. The van der Waals surface area contributed by atoms with E-state index < -0.39 is 0 Å². The average molecular weight is 442 g/mol. The molecule has 0 bridgehead atoms. The Kier molecular flexibility index (Phi) is 5.83. The minimum atomic E-state index is 0.0359. The highest BCUT2D eigenvalue weighted by atomic mass is 16.1. The van der Waals surface area contributed by atoms with Gasteiger partial charge >= 0.3 is 0 Å². The van der Waals surface area contributed by atoms with Crippen LogP contribution >= 0.6 is 0 Å². The van der Waals surface area contributed by atoms with E-state index in [1.807, 2.05) is 37.8 Å². The van der Waals surface area contributed by atoms with E-state index in [2.05, 4.69) is 43.0 Å². The van der Waals surface area contributed by atoms with Crippen LogP contribution in [-0.4, -0.2) is 68.6 Å². The normalized spacial score (nSPS) is 15.0. The summed E-state index contributed by atoms with van der Waals surface area (Å²) >= 11 is 0. The van der Waals surface area contributed by atoms with Gasteiger partial charge in [0, 0.05) is 73.0 Å². The van der Waals surface area contributed by atoms with Gasteiger partial charge in [0.25, 0.3) is 0 Å². The van der Waals surface area contributed by atoms with E-state index in [0.29, 0.717) is 5.56 Å². The number of rotatable bonds is 5.